The Balaban J connectivity index is 1.65. The molecule has 1 saturated heterocycles. The molecule has 0 aliphatic carbocycles. The van der Waals surface area contributed by atoms with E-state index in [9.17, 15) is 13.2 Å². The second-order valence-corrected chi connectivity index (χ2v) is 7.88. The summed E-state index contributed by atoms with van der Waals surface area (Å²) >= 11 is 0. The van der Waals surface area contributed by atoms with Gasteiger partial charge in [0.25, 0.3) is 0 Å². The molecule has 2 aromatic rings. The van der Waals surface area contributed by atoms with Crippen LogP contribution in [0.15, 0.2) is 42.7 Å². The van der Waals surface area contributed by atoms with Gasteiger partial charge in [-0.25, -0.2) is 12.7 Å². The van der Waals surface area contributed by atoms with Gasteiger partial charge in [0, 0.05) is 19.3 Å². The zero-order valence-electron chi connectivity index (χ0n) is 13.2. The Morgan fingerprint density at radius 3 is 2.83 bits per heavy atom. The summed E-state index contributed by atoms with van der Waals surface area (Å²) < 4.78 is 26.7. The third kappa shape index (κ3) is 4.01. The molecule has 1 aromatic carbocycles. The van der Waals surface area contributed by atoms with Crippen molar-refractivity contribution in [3.63, 3.8) is 0 Å². The first-order chi connectivity index (χ1) is 11.5. The highest BCUT2D eigenvalue weighted by atomic mass is 32.2. The lowest BCUT2D eigenvalue weighted by molar-refractivity contribution is -0.120. The van der Waals surface area contributed by atoms with Gasteiger partial charge in [-0.15, -0.1) is 0 Å². The largest absolute Gasteiger partial charge is 0.323 e. The fraction of sp³-hybridized carbons (Fsp3) is 0.375. The molecule has 1 amide bonds. The van der Waals surface area contributed by atoms with Crippen LogP contribution in [0.2, 0.25) is 0 Å². The van der Waals surface area contributed by atoms with Crippen molar-refractivity contribution in [1.29, 1.82) is 0 Å². The van der Waals surface area contributed by atoms with Crippen LogP contribution in [0.25, 0.3) is 0 Å². The van der Waals surface area contributed by atoms with Gasteiger partial charge in [-0.05, 0) is 18.4 Å². The molecule has 1 aromatic heterocycles. The second-order valence-electron chi connectivity index (χ2n) is 5.92. The normalized spacial score (nSPS) is 19.1. The van der Waals surface area contributed by atoms with Crippen molar-refractivity contribution >= 4 is 21.6 Å². The first-order valence-corrected chi connectivity index (χ1v) is 9.47. The molecule has 2 N–H and O–H groups in total. The van der Waals surface area contributed by atoms with Gasteiger partial charge in [0.2, 0.25) is 15.9 Å². The molecule has 1 atom stereocenters. The number of H-pyrrole nitrogens is 1. The van der Waals surface area contributed by atoms with Crippen molar-refractivity contribution in [2.75, 3.05) is 18.4 Å². The van der Waals surface area contributed by atoms with Gasteiger partial charge in [0.1, 0.15) is 0 Å². The molecule has 1 aliphatic rings. The predicted octanol–water partition coefficient (Wildman–Crippen LogP) is 1.59. The molecule has 8 heteroatoms. The van der Waals surface area contributed by atoms with Crippen LogP contribution in [-0.4, -0.2) is 41.9 Å². The monoisotopic (exact) mass is 348 g/mol. The molecule has 3 rings (SSSR count). The minimum atomic E-state index is -3.43. The Labute approximate surface area is 141 Å². The Kier molecular flexibility index (Phi) is 4.96. The summed E-state index contributed by atoms with van der Waals surface area (Å²) in [4.78, 5) is 12.3. The maximum absolute atomic E-state index is 12.6. The average Bonchev–Trinajstić information content (AvgIpc) is 3.08. The van der Waals surface area contributed by atoms with Gasteiger partial charge in [-0.2, -0.15) is 5.10 Å². The number of benzene rings is 1. The topological polar surface area (TPSA) is 95.2 Å². The Morgan fingerprint density at radius 2 is 2.12 bits per heavy atom. The van der Waals surface area contributed by atoms with E-state index in [4.69, 9.17) is 0 Å². The average molecular weight is 348 g/mol. The summed E-state index contributed by atoms with van der Waals surface area (Å²) in [5.41, 5.74) is 1.34. The third-order valence-electron chi connectivity index (χ3n) is 4.11. The number of carbonyl (C=O) groups is 1. The van der Waals surface area contributed by atoms with Gasteiger partial charge in [-0.3, -0.25) is 9.89 Å². The fourth-order valence-corrected chi connectivity index (χ4v) is 4.46. The standard InChI is InChI=1S/C16H20N4O3S/c21-16(19-15-9-17-18-10-15)14-7-4-8-20(11-14)24(22,23)12-13-5-2-1-3-6-13/h1-3,5-6,9-10,14H,4,7-8,11-12H2,(H,17,18)(H,19,21)/t14-/m1/s1. The van der Waals surface area contributed by atoms with Gasteiger partial charge < -0.3 is 5.32 Å². The first kappa shape index (κ1) is 16.7. The third-order valence-corrected chi connectivity index (χ3v) is 5.92. The van der Waals surface area contributed by atoms with Gasteiger partial charge in [0.05, 0.1) is 23.6 Å². The van der Waals surface area contributed by atoms with E-state index in [1.54, 1.807) is 18.3 Å². The van der Waals surface area contributed by atoms with Crippen LogP contribution in [0.5, 0.6) is 0 Å². The van der Waals surface area contributed by atoms with Crippen LogP contribution in [0.1, 0.15) is 18.4 Å². The van der Waals surface area contributed by atoms with Gasteiger partial charge in [-0.1, -0.05) is 30.3 Å². The van der Waals surface area contributed by atoms with Crippen LogP contribution < -0.4 is 5.32 Å². The summed E-state index contributed by atoms with van der Waals surface area (Å²) in [6, 6.07) is 9.09. The molecular weight excluding hydrogens is 328 g/mol. The molecule has 2 heterocycles. The molecule has 24 heavy (non-hydrogen) atoms. The van der Waals surface area contributed by atoms with E-state index in [-0.39, 0.29) is 24.1 Å². The summed E-state index contributed by atoms with van der Waals surface area (Å²) in [5.74, 6) is -0.556. The van der Waals surface area contributed by atoms with Crippen molar-refractivity contribution in [3.8, 4) is 0 Å². The summed E-state index contributed by atoms with van der Waals surface area (Å²) in [6.45, 7) is 0.684. The minimum absolute atomic E-state index is 0.0378. The summed E-state index contributed by atoms with van der Waals surface area (Å²) in [6.07, 6.45) is 4.47. The van der Waals surface area contributed by atoms with E-state index in [2.05, 4.69) is 15.5 Å². The van der Waals surface area contributed by atoms with E-state index >= 15 is 0 Å². The van der Waals surface area contributed by atoms with Crippen molar-refractivity contribution in [2.24, 2.45) is 5.92 Å². The molecule has 1 fully saturated rings. The Morgan fingerprint density at radius 1 is 1.33 bits per heavy atom. The van der Waals surface area contributed by atoms with E-state index in [0.29, 0.717) is 25.1 Å². The fourth-order valence-electron chi connectivity index (χ4n) is 2.85. The van der Waals surface area contributed by atoms with Crippen LogP contribution in [0, 0.1) is 5.92 Å². The SMILES string of the molecule is O=C(Nc1cn[nH]c1)[C@@H]1CCCN(S(=O)(=O)Cc2ccccc2)C1. The molecule has 0 radical (unpaired) electrons. The smallest absolute Gasteiger partial charge is 0.228 e. The van der Waals surface area contributed by atoms with E-state index in [1.807, 2.05) is 18.2 Å². The Bertz CT molecular complexity index is 775. The van der Waals surface area contributed by atoms with Crippen molar-refractivity contribution in [3.05, 3.63) is 48.3 Å². The maximum atomic E-state index is 12.6. The zero-order chi connectivity index (χ0) is 17.0. The van der Waals surface area contributed by atoms with Crippen LogP contribution in [-0.2, 0) is 20.6 Å². The number of nitrogens with zero attached hydrogens (tertiary/aromatic N) is 2. The molecule has 0 spiro atoms. The summed E-state index contributed by atoms with van der Waals surface area (Å²) in [5, 5.41) is 9.16. The number of aromatic amines is 1. The van der Waals surface area contributed by atoms with Crippen LogP contribution in [0.4, 0.5) is 5.69 Å². The number of anilines is 1. The highest BCUT2D eigenvalue weighted by Gasteiger charge is 2.32. The highest BCUT2D eigenvalue weighted by Crippen LogP contribution is 2.22. The van der Waals surface area contributed by atoms with E-state index < -0.39 is 10.0 Å². The van der Waals surface area contributed by atoms with Crippen molar-refractivity contribution < 1.29 is 13.2 Å². The van der Waals surface area contributed by atoms with Gasteiger partial charge in [0.15, 0.2) is 0 Å². The van der Waals surface area contributed by atoms with Crippen LogP contribution in [0.3, 0.4) is 0 Å². The number of amides is 1. The molecule has 7 nitrogen and oxygen atoms in total. The van der Waals surface area contributed by atoms with Gasteiger partial charge >= 0.3 is 0 Å². The number of rotatable bonds is 5. The lowest BCUT2D eigenvalue weighted by atomic mass is 9.99. The molecular formula is C16H20N4O3S. The number of hydrogen-bond acceptors (Lipinski definition) is 4. The lowest BCUT2D eigenvalue weighted by Gasteiger charge is -2.31. The number of piperidine rings is 1. The second kappa shape index (κ2) is 7.14. The van der Waals surface area contributed by atoms with Crippen molar-refractivity contribution in [2.45, 2.75) is 18.6 Å². The molecule has 0 bridgehead atoms. The molecule has 128 valence electrons. The molecule has 1 aliphatic heterocycles. The van der Waals surface area contributed by atoms with Crippen molar-refractivity contribution in [1.82, 2.24) is 14.5 Å². The zero-order valence-corrected chi connectivity index (χ0v) is 14.0. The number of aromatic nitrogens is 2. The number of hydrogen-bond donors (Lipinski definition) is 2. The van der Waals surface area contributed by atoms with E-state index in [0.717, 1.165) is 5.56 Å². The molecule has 0 unspecified atom stereocenters. The summed E-state index contributed by atoms with van der Waals surface area (Å²) in [7, 11) is -3.43. The predicted molar refractivity (Wildman–Crippen MR) is 90.6 cm³/mol. The molecule has 0 saturated carbocycles. The number of nitrogens with one attached hydrogen (secondary N) is 2. The maximum Gasteiger partial charge on any atom is 0.228 e. The number of sulfonamides is 1. The first-order valence-electron chi connectivity index (χ1n) is 7.86. The van der Waals surface area contributed by atoms with Crippen LogP contribution >= 0.6 is 0 Å². The minimum Gasteiger partial charge on any atom is -0.323 e. The number of carbonyl (C=O) groups excluding carboxylic acids is 1. The quantitative estimate of drug-likeness (QED) is 0.858. The van der Waals surface area contributed by atoms with E-state index in [1.165, 1.54) is 10.5 Å². The highest BCUT2D eigenvalue weighted by molar-refractivity contribution is 7.88. The Hall–Kier alpha value is -2.19. The lowest BCUT2D eigenvalue weighted by Crippen LogP contribution is -2.44.